The third-order valence-electron chi connectivity index (χ3n) is 6.54. The number of esters is 2. The average molecular weight is 483 g/mol. The van der Waals surface area contributed by atoms with Crippen LogP contribution in [0.2, 0.25) is 0 Å². The number of carbonyl (C=O) groups excluding carboxylic acids is 2. The predicted molar refractivity (Wildman–Crippen MR) is 144 cm³/mol. The summed E-state index contributed by atoms with van der Waals surface area (Å²) in [5.74, 6) is -0.444. The zero-order valence-corrected chi connectivity index (χ0v) is 23.2. The first-order valence-corrected chi connectivity index (χ1v) is 15.0. The first-order valence-electron chi connectivity index (χ1n) is 15.0. The van der Waals surface area contributed by atoms with Crippen molar-refractivity contribution >= 4 is 11.9 Å². The van der Waals surface area contributed by atoms with Gasteiger partial charge in [-0.2, -0.15) is 0 Å². The number of unbranched alkanes of at least 4 members (excludes halogenated alkanes) is 18. The van der Waals surface area contributed by atoms with Gasteiger partial charge < -0.3 is 9.47 Å². The van der Waals surface area contributed by atoms with Crippen LogP contribution < -0.4 is 0 Å². The van der Waals surface area contributed by atoms with Gasteiger partial charge in [0, 0.05) is 19.3 Å². The fourth-order valence-electron chi connectivity index (χ4n) is 4.27. The molecular formula is C30H58O4. The molecule has 34 heavy (non-hydrogen) atoms. The Kier molecular flexibility index (Phi) is 25.7. The van der Waals surface area contributed by atoms with Crippen molar-refractivity contribution in [3.63, 3.8) is 0 Å². The first-order chi connectivity index (χ1) is 16.6. The van der Waals surface area contributed by atoms with Gasteiger partial charge in [-0.15, -0.1) is 0 Å². The molecule has 0 radical (unpaired) electrons. The lowest BCUT2D eigenvalue weighted by molar-refractivity contribution is -0.189. The summed E-state index contributed by atoms with van der Waals surface area (Å²) in [6.07, 6.45) is 25.8. The fourth-order valence-corrected chi connectivity index (χ4v) is 4.27. The summed E-state index contributed by atoms with van der Waals surface area (Å²) in [5, 5.41) is 0. The molecule has 0 unspecified atom stereocenters. The van der Waals surface area contributed by atoms with Crippen LogP contribution in [0.5, 0.6) is 0 Å². The van der Waals surface area contributed by atoms with Crippen molar-refractivity contribution < 1.29 is 19.1 Å². The Balaban J connectivity index is 3.96. The molecule has 0 saturated carbocycles. The van der Waals surface area contributed by atoms with Crippen LogP contribution in [0.1, 0.15) is 175 Å². The molecule has 0 fully saturated rings. The van der Waals surface area contributed by atoms with Gasteiger partial charge in [-0.3, -0.25) is 9.59 Å². The van der Waals surface area contributed by atoms with Crippen molar-refractivity contribution in [1.82, 2.24) is 0 Å². The van der Waals surface area contributed by atoms with Crippen LogP contribution in [-0.2, 0) is 19.1 Å². The third kappa shape index (κ3) is 24.1. The highest BCUT2D eigenvalue weighted by Gasteiger charge is 2.18. The van der Waals surface area contributed by atoms with Crippen LogP contribution in [0.4, 0.5) is 0 Å². The second kappa shape index (κ2) is 26.5. The summed E-state index contributed by atoms with van der Waals surface area (Å²) in [6, 6.07) is 0. The van der Waals surface area contributed by atoms with Crippen LogP contribution in [0.15, 0.2) is 0 Å². The first kappa shape index (κ1) is 32.9. The van der Waals surface area contributed by atoms with E-state index in [0.29, 0.717) is 19.3 Å². The number of rotatable bonds is 26. The zero-order chi connectivity index (χ0) is 25.1. The van der Waals surface area contributed by atoms with E-state index in [0.717, 1.165) is 44.9 Å². The highest BCUT2D eigenvalue weighted by Crippen LogP contribution is 2.15. The van der Waals surface area contributed by atoms with E-state index < -0.39 is 6.29 Å². The van der Waals surface area contributed by atoms with Gasteiger partial charge in [0.1, 0.15) is 0 Å². The normalized spacial score (nSPS) is 11.2. The summed E-state index contributed by atoms with van der Waals surface area (Å²) < 4.78 is 11.1. The van der Waals surface area contributed by atoms with Gasteiger partial charge in [0.25, 0.3) is 0 Å². The minimum atomic E-state index is -0.705. The van der Waals surface area contributed by atoms with Crippen molar-refractivity contribution in [2.45, 2.75) is 181 Å². The molecule has 0 N–H and O–H groups in total. The highest BCUT2D eigenvalue weighted by atomic mass is 16.7. The van der Waals surface area contributed by atoms with Gasteiger partial charge in [-0.1, -0.05) is 136 Å². The van der Waals surface area contributed by atoms with E-state index in [4.69, 9.17) is 9.47 Å². The molecule has 0 aromatic heterocycles. The van der Waals surface area contributed by atoms with Gasteiger partial charge in [0.2, 0.25) is 6.29 Å². The Morgan fingerprint density at radius 1 is 0.441 bits per heavy atom. The molecule has 0 bridgehead atoms. The molecule has 0 aliphatic carbocycles. The summed E-state index contributed by atoms with van der Waals surface area (Å²) in [7, 11) is 0. The van der Waals surface area contributed by atoms with Crippen LogP contribution in [0.3, 0.4) is 0 Å². The number of hydrogen-bond donors (Lipinski definition) is 0. The van der Waals surface area contributed by atoms with Crippen molar-refractivity contribution in [1.29, 1.82) is 0 Å². The monoisotopic (exact) mass is 482 g/mol. The van der Waals surface area contributed by atoms with E-state index in [1.165, 1.54) is 89.9 Å². The topological polar surface area (TPSA) is 52.6 Å². The molecule has 0 aliphatic rings. The Morgan fingerprint density at radius 3 is 1.09 bits per heavy atom. The largest absolute Gasteiger partial charge is 0.425 e. The van der Waals surface area contributed by atoms with Crippen LogP contribution in [0, 0.1) is 0 Å². The number of ether oxygens (including phenoxy) is 2. The highest BCUT2D eigenvalue weighted by molar-refractivity contribution is 5.71. The molecule has 4 nitrogen and oxygen atoms in total. The molecule has 0 spiro atoms. The summed E-state index contributed by atoms with van der Waals surface area (Å²) in [6.45, 7) is 6.62. The Labute approximate surface area is 212 Å². The summed E-state index contributed by atoms with van der Waals surface area (Å²) in [5.41, 5.74) is 0. The lowest BCUT2D eigenvalue weighted by Crippen LogP contribution is -2.24. The smallest absolute Gasteiger partial charge is 0.308 e. The van der Waals surface area contributed by atoms with Crippen molar-refractivity contribution in [2.24, 2.45) is 0 Å². The van der Waals surface area contributed by atoms with Gasteiger partial charge in [0.15, 0.2) is 0 Å². The van der Waals surface area contributed by atoms with Crippen molar-refractivity contribution in [2.75, 3.05) is 0 Å². The number of hydrogen-bond acceptors (Lipinski definition) is 4. The molecule has 0 rings (SSSR count). The summed E-state index contributed by atoms with van der Waals surface area (Å²) >= 11 is 0. The molecule has 0 saturated heterocycles. The minimum absolute atomic E-state index is 0.222. The Morgan fingerprint density at radius 2 is 0.735 bits per heavy atom. The van der Waals surface area contributed by atoms with E-state index in [1.54, 1.807) is 0 Å². The molecule has 0 atom stereocenters. The SMILES string of the molecule is CCCCCCCCCCCC(=O)OC(CCCCC)OC(=O)CCCCCCCCCCC. The quantitative estimate of drug-likeness (QED) is 0.0699. The Bertz CT molecular complexity index is 413. The van der Waals surface area contributed by atoms with Crippen molar-refractivity contribution in [3.8, 4) is 0 Å². The average Bonchev–Trinajstić information content (AvgIpc) is 2.82. The maximum atomic E-state index is 12.3. The third-order valence-corrected chi connectivity index (χ3v) is 6.54. The Hall–Kier alpha value is -1.06. The predicted octanol–water partition coefficient (Wildman–Crippen LogP) is 9.82. The molecule has 0 amide bonds. The molecule has 0 aliphatic heterocycles. The fraction of sp³-hybridized carbons (Fsp3) is 0.933. The van der Waals surface area contributed by atoms with Crippen LogP contribution in [0.25, 0.3) is 0 Å². The van der Waals surface area contributed by atoms with Gasteiger partial charge in [-0.25, -0.2) is 0 Å². The van der Waals surface area contributed by atoms with Crippen LogP contribution >= 0.6 is 0 Å². The molecule has 202 valence electrons. The zero-order valence-electron chi connectivity index (χ0n) is 23.2. The van der Waals surface area contributed by atoms with E-state index >= 15 is 0 Å². The minimum Gasteiger partial charge on any atom is -0.425 e. The number of carbonyl (C=O) groups is 2. The molecule has 0 aromatic carbocycles. The molecule has 4 heteroatoms. The molecule has 0 heterocycles. The van der Waals surface area contributed by atoms with E-state index in [2.05, 4.69) is 20.8 Å². The van der Waals surface area contributed by atoms with E-state index in [-0.39, 0.29) is 11.9 Å². The second-order valence-electron chi connectivity index (χ2n) is 10.1. The lowest BCUT2D eigenvalue weighted by atomic mass is 10.1. The van der Waals surface area contributed by atoms with E-state index in [9.17, 15) is 9.59 Å². The standard InChI is InChI=1S/C30H58O4/c1-4-7-10-12-14-16-18-20-23-25-28(31)33-30(27-22-9-6-3)34-29(32)26-24-21-19-17-15-13-11-8-5-2/h30H,4-27H2,1-3H3. The second-order valence-corrected chi connectivity index (χ2v) is 10.1. The summed E-state index contributed by atoms with van der Waals surface area (Å²) in [4.78, 5) is 24.6. The van der Waals surface area contributed by atoms with Gasteiger partial charge in [0.05, 0.1) is 0 Å². The van der Waals surface area contributed by atoms with Gasteiger partial charge >= 0.3 is 11.9 Å². The lowest BCUT2D eigenvalue weighted by Gasteiger charge is -2.18. The maximum absolute atomic E-state index is 12.3. The molecular weight excluding hydrogens is 424 g/mol. The molecule has 0 aromatic rings. The van der Waals surface area contributed by atoms with Gasteiger partial charge in [-0.05, 0) is 19.3 Å². The maximum Gasteiger partial charge on any atom is 0.308 e. The van der Waals surface area contributed by atoms with Crippen LogP contribution in [-0.4, -0.2) is 18.2 Å². The van der Waals surface area contributed by atoms with E-state index in [1.807, 2.05) is 0 Å². The van der Waals surface area contributed by atoms with Crippen molar-refractivity contribution in [3.05, 3.63) is 0 Å².